The van der Waals surface area contributed by atoms with Crippen molar-refractivity contribution in [3.8, 4) is 0 Å². The van der Waals surface area contributed by atoms with Gasteiger partial charge < -0.3 is 4.90 Å². The number of nitrogens with zero attached hydrogens (tertiary/aromatic N) is 1. The molecule has 0 radical (unpaired) electrons. The molecule has 0 aliphatic carbocycles. The highest BCUT2D eigenvalue weighted by Crippen LogP contribution is 2.41. The summed E-state index contributed by atoms with van der Waals surface area (Å²) in [6.45, 7) is 10.1. The molecule has 0 saturated carbocycles. The van der Waals surface area contributed by atoms with Gasteiger partial charge in [0.1, 0.15) is 17.5 Å². The van der Waals surface area contributed by atoms with Gasteiger partial charge in [-0.05, 0) is 18.6 Å². The maximum atomic E-state index is 14.5. The van der Waals surface area contributed by atoms with E-state index in [-0.39, 0.29) is 11.3 Å². The molecule has 1 aliphatic rings. The van der Waals surface area contributed by atoms with Crippen LogP contribution in [0.4, 0.5) is 13.2 Å². The second-order valence-electron chi connectivity index (χ2n) is 5.56. The van der Waals surface area contributed by atoms with E-state index >= 15 is 0 Å². The van der Waals surface area contributed by atoms with Gasteiger partial charge in [-0.3, -0.25) is 0 Å². The largest absolute Gasteiger partial charge is 0.340 e. The van der Waals surface area contributed by atoms with E-state index in [1.54, 1.807) is 11.0 Å². The second kappa shape index (κ2) is 8.96. The molecule has 27 heavy (non-hydrogen) atoms. The molecule has 0 saturated heterocycles. The minimum Gasteiger partial charge on any atom is -0.340 e. The van der Waals surface area contributed by atoms with Gasteiger partial charge in [0.05, 0.1) is 22.0 Å². The predicted octanol–water partition coefficient (Wildman–Crippen LogP) is 6.97. The van der Waals surface area contributed by atoms with Gasteiger partial charge in [0.25, 0.3) is 0 Å². The molecule has 2 aromatic carbocycles. The van der Waals surface area contributed by atoms with E-state index in [1.807, 2.05) is 51.1 Å². The van der Waals surface area contributed by atoms with Crippen molar-refractivity contribution < 1.29 is 13.2 Å². The summed E-state index contributed by atoms with van der Waals surface area (Å²) in [6, 6.07) is 10.5. The molecule has 0 unspecified atom stereocenters. The monoisotopic (exact) mass is 391 g/mol. The van der Waals surface area contributed by atoms with Crippen LogP contribution in [0.5, 0.6) is 0 Å². The van der Waals surface area contributed by atoms with Crippen LogP contribution in [0.2, 0.25) is 0 Å². The van der Waals surface area contributed by atoms with Gasteiger partial charge in [-0.1, -0.05) is 62.4 Å². The summed E-state index contributed by atoms with van der Waals surface area (Å²) in [5.41, 5.74) is 1.69. The number of rotatable bonds is 3. The third-order valence-electron chi connectivity index (χ3n) is 4.04. The van der Waals surface area contributed by atoms with Crippen LogP contribution in [0.3, 0.4) is 0 Å². The molecule has 0 aromatic heterocycles. The minimum atomic E-state index is -0.974. The smallest absolute Gasteiger partial charge is 0.138 e. The van der Waals surface area contributed by atoms with Gasteiger partial charge in [-0.25, -0.2) is 13.2 Å². The molecule has 0 fully saturated rings. The van der Waals surface area contributed by atoms with Crippen LogP contribution in [-0.2, 0) is 0 Å². The molecular formula is C22H21ClF3N. The van der Waals surface area contributed by atoms with Crippen LogP contribution in [0.1, 0.15) is 31.9 Å². The first-order valence-corrected chi connectivity index (χ1v) is 9.10. The predicted molar refractivity (Wildman–Crippen MR) is 106 cm³/mol. The van der Waals surface area contributed by atoms with Crippen molar-refractivity contribution in [3.63, 3.8) is 0 Å². The van der Waals surface area contributed by atoms with Crippen LogP contribution < -0.4 is 0 Å². The van der Waals surface area contributed by atoms with Crippen molar-refractivity contribution in [2.24, 2.45) is 0 Å². The molecule has 0 amide bonds. The average molecular weight is 392 g/mol. The van der Waals surface area contributed by atoms with Crippen LogP contribution in [0, 0.1) is 17.5 Å². The van der Waals surface area contributed by atoms with E-state index in [0.717, 1.165) is 5.56 Å². The first kappa shape index (κ1) is 20.8. The van der Waals surface area contributed by atoms with Gasteiger partial charge >= 0.3 is 0 Å². The maximum absolute atomic E-state index is 14.5. The lowest BCUT2D eigenvalue weighted by atomic mass is 9.94. The zero-order chi connectivity index (χ0) is 20.1. The van der Waals surface area contributed by atoms with Crippen LogP contribution in [0.25, 0.3) is 11.3 Å². The SMILES string of the molecule is C=C1C(Cl)=CC(c2ccccc2)=C(c2c(F)cc(F)cc2F)N1CC.CC. The highest BCUT2D eigenvalue weighted by atomic mass is 35.5. The Kier molecular flexibility index (Phi) is 6.92. The summed E-state index contributed by atoms with van der Waals surface area (Å²) >= 11 is 6.28. The van der Waals surface area contributed by atoms with Gasteiger partial charge in [0.2, 0.25) is 0 Å². The number of allylic oxidation sites excluding steroid dienone is 3. The third-order valence-corrected chi connectivity index (χ3v) is 4.37. The molecule has 1 aliphatic heterocycles. The van der Waals surface area contributed by atoms with Crippen molar-refractivity contribution in [2.75, 3.05) is 6.54 Å². The van der Waals surface area contributed by atoms with Crippen molar-refractivity contribution in [3.05, 3.63) is 94.4 Å². The number of likely N-dealkylation sites (N-methyl/N-ethyl adjacent to an activating group) is 1. The fourth-order valence-electron chi connectivity index (χ4n) is 2.91. The third kappa shape index (κ3) is 4.11. The van der Waals surface area contributed by atoms with Gasteiger partial charge in [0.15, 0.2) is 0 Å². The summed E-state index contributed by atoms with van der Waals surface area (Å²) in [6.07, 6.45) is 1.63. The molecule has 0 atom stereocenters. The Morgan fingerprint density at radius 2 is 1.56 bits per heavy atom. The summed E-state index contributed by atoms with van der Waals surface area (Å²) in [5.74, 6) is -2.91. The summed E-state index contributed by atoms with van der Waals surface area (Å²) in [4.78, 5) is 1.63. The Morgan fingerprint density at radius 3 is 2.07 bits per heavy atom. The van der Waals surface area contributed by atoms with Gasteiger partial charge in [-0.15, -0.1) is 0 Å². The van der Waals surface area contributed by atoms with Crippen molar-refractivity contribution in [1.29, 1.82) is 0 Å². The zero-order valence-corrected chi connectivity index (χ0v) is 16.2. The lowest BCUT2D eigenvalue weighted by Gasteiger charge is -2.33. The molecule has 2 aromatic rings. The van der Waals surface area contributed by atoms with Crippen molar-refractivity contribution in [1.82, 2.24) is 4.90 Å². The second-order valence-corrected chi connectivity index (χ2v) is 5.96. The van der Waals surface area contributed by atoms with Crippen LogP contribution in [0.15, 0.2) is 65.8 Å². The van der Waals surface area contributed by atoms with E-state index in [4.69, 9.17) is 11.6 Å². The lowest BCUT2D eigenvalue weighted by Crippen LogP contribution is -2.26. The topological polar surface area (TPSA) is 3.24 Å². The first-order chi connectivity index (χ1) is 12.9. The molecule has 0 bridgehead atoms. The number of hydrogen-bond donors (Lipinski definition) is 0. The van der Waals surface area contributed by atoms with E-state index in [1.165, 1.54) is 0 Å². The van der Waals surface area contributed by atoms with Gasteiger partial charge in [-0.2, -0.15) is 0 Å². The summed E-state index contributed by atoms with van der Waals surface area (Å²) in [5, 5.41) is 0.382. The van der Waals surface area contributed by atoms with E-state index < -0.39 is 17.5 Å². The fraction of sp³-hybridized carbons (Fsp3) is 0.182. The van der Waals surface area contributed by atoms with Crippen LogP contribution >= 0.6 is 11.6 Å². The first-order valence-electron chi connectivity index (χ1n) is 8.72. The van der Waals surface area contributed by atoms with Crippen LogP contribution in [-0.4, -0.2) is 11.4 Å². The van der Waals surface area contributed by atoms with E-state index in [2.05, 4.69) is 6.58 Å². The van der Waals surface area contributed by atoms with Crippen molar-refractivity contribution in [2.45, 2.75) is 20.8 Å². The maximum Gasteiger partial charge on any atom is 0.138 e. The van der Waals surface area contributed by atoms with E-state index in [9.17, 15) is 13.2 Å². The molecular weight excluding hydrogens is 371 g/mol. The molecule has 3 rings (SSSR count). The molecule has 142 valence electrons. The molecule has 1 heterocycles. The standard InChI is InChI=1S/C20H15ClF3N.C2H6/c1-3-25-12(2)16(21)11-15(13-7-5-4-6-8-13)20(25)19-17(23)9-14(22)10-18(19)24;1-2/h4-11H,2-3H2,1H3;1-2H3. The Labute approximate surface area is 163 Å². The summed E-state index contributed by atoms with van der Waals surface area (Å²) in [7, 11) is 0. The zero-order valence-electron chi connectivity index (χ0n) is 15.5. The minimum absolute atomic E-state index is 0.276. The quantitative estimate of drug-likeness (QED) is 0.546. The number of halogens is 4. The molecule has 5 heteroatoms. The molecule has 1 nitrogen and oxygen atoms in total. The average Bonchev–Trinajstić information content (AvgIpc) is 2.66. The Balaban J connectivity index is 0.00000126. The number of benzene rings is 2. The normalized spacial score (nSPS) is 14.0. The molecule has 0 N–H and O–H groups in total. The van der Waals surface area contributed by atoms with Crippen molar-refractivity contribution >= 4 is 22.9 Å². The lowest BCUT2D eigenvalue weighted by molar-refractivity contribution is 0.500. The Bertz CT molecular complexity index is 878. The highest BCUT2D eigenvalue weighted by Gasteiger charge is 2.29. The Hall–Kier alpha value is -2.46. The fourth-order valence-corrected chi connectivity index (χ4v) is 3.12. The van der Waals surface area contributed by atoms with E-state index in [0.29, 0.717) is 35.0 Å². The Morgan fingerprint density at radius 1 is 1.00 bits per heavy atom. The highest BCUT2D eigenvalue weighted by molar-refractivity contribution is 6.33. The summed E-state index contributed by atoms with van der Waals surface area (Å²) < 4.78 is 42.3. The molecule has 0 spiro atoms. The number of hydrogen-bond acceptors (Lipinski definition) is 1. The van der Waals surface area contributed by atoms with Gasteiger partial charge in [0, 0.05) is 24.3 Å².